The summed E-state index contributed by atoms with van der Waals surface area (Å²) in [5.41, 5.74) is 1.13. The molecule has 0 amide bonds. The van der Waals surface area contributed by atoms with E-state index in [-0.39, 0.29) is 5.97 Å². The second-order valence-electron chi connectivity index (χ2n) is 2.58. The molecule has 0 saturated heterocycles. The molecule has 1 aromatic rings. The van der Waals surface area contributed by atoms with E-state index in [0.29, 0.717) is 6.42 Å². The zero-order valence-corrected chi connectivity index (χ0v) is 14.0. The van der Waals surface area contributed by atoms with Gasteiger partial charge in [0, 0.05) is 0 Å². The minimum atomic E-state index is -0.122. The summed E-state index contributed by atoms with van der Waals surface area (Å²) in [7, 11) is 0. The van der Waals surface area contributed by atoms with Crippen LogP contribution in [0.1, 0.15) is 67.4 Å². The molecule has 0 atom stereocenters. The van der Waals surface area contributed by atoms with Gasteiger partial charge in [-0.1, -0.05) is 73.6 Å². The Hall–Kier alpha value is -1.31. The average molecular weight is 268 g/mol. The summed E-state index contributed by atoms with van der Waals surface area (Å²) in [5, 5.41) is 0. The van der Waals surface area contributed by atoms with Crippen molar-refractivity contribution in [3.05, 3.63) is 29.8 Å². The van der Waals surface area contributed by atoms with Crippen molar-refractivity contribution in [2.75, 3.05) is 0 Å². The quantitative estimate of drug-likeness (QED) is 0.449. The molecule has 0 unspecified atom stereocenters. The van der Waals surface area contributed by atoms with Crippen molar-refractivity contribution in [1.29, 1.82) is 0 Å². The highest BCUT2D eigenvalue weighted by molar-refractivity contribution is 5.75. The van der Waals surface area contributed by atoms with E-state index >= 15 is 0 Å². The normalized spacial score (nSPS) is 10.2. The Balaban J connectivity index is -0.000000278. The van der Waals surface area contributed by atoms with Gasteiger partial charge in [-0.25, -0.2) is 0 Å². The minimum Gasteiger partial charge on any atom is -0.426 e. The highest BCUT2D eigenvalue weighted by Gasteiger charge is 2.15. The van der Waals surface area contributed by atoms with Gasteiger partial charge in [0.05, 0.1) is 6.42 Å². The van der Waals surface area contributed by atoms with E-state index in [2.05, 4.69) is 0 Å². The average Bonchev–Trinajstić information content (AvgIpc) is 2.55. The molecule has 0 aliphatic carbocycles. The van der Waals surface area contributed by atoms with Crippen LogP contribution in [-0.2, 0) is 11.2 Å². The van der Waals surface area contributed by atoms with Crippen LogP contribution in [0.2, 0.25) is 0 Å². The van der Waals surface area contributed by atoms with Crippen molar-refractivity contribution in [3.8, 4) is 5.75 Å². The van der Waals surface area contributed by atoms with Crippen molar-refractivity contribution < 1.29 is 9.53 Å². The van der Waals surface area contributed by atoms with Crippen LogP contribution in [0.3, 0.4) is 0 Å². The molecule has 0 spiro atoms. The molecule has 2 heteroatoms. The summed E-state index contributed by atoms with van der Waals surface area (Å²) in [6, 6.07) is 7.64. The zero-order chi connectivity index (χ0) is 15.7. The maximum atomic E-state index is 10.8. The third kappa shape index (κ3) is 10.3. The monoisotopic (exact) mass is 268 g/mol. The lowest BCUT2D eigenvalue weighted by molar-refractivity contribution is -0.135. The van der Waals surface area contributed by atoms with E-state index in [0.717, 1.165) is 17.7 Å². The Morgan fingerprint density at radius 2 is 1.26 bits per heavy atom. The first-order valence-electron chi connectivity index (χ1n) is 7.65. The number of para-hydroxylation sites is 1. The second kappa shape index (κ2) is 19.0. The number of benzene rings is 1. The number of esters is 1. The van der Waals surface area contributed by atoms with E-state index in [4.69, 9.17) is 4.74 Å². The fraction of sp³-hybridized carbons (Fsp3) is 0.588. The van der Waals surface area contributed by atoms with Gasteiger partial charge in [-0.3, -0.25) is 4.79 Å². The van der Waals surface area contributed by atoms with Gasteiger partial charge in [0.15, 0.2) is 0 Å². The number of aryl methyl sites for hydroxylation is 1. The molecule has 0 N–H and O–H groups in total. The van der Waals surface area contributed by atoms with E-state index in [1.807, 2.05) is 79.7 Å². The highest BCUT2D eigenvalue weighted by atomic mass is 16.5. The van der Waals surface area contributed by atoms with Crippen molar-refractivity contribution in [2.24, 2.45) is 0 Å². The van der Waals surface area contributed by atoms with Crippen LogP contribution in [0.4, 0.5) is 0 Å². The molecule has 0 aromatic heterocycles. The molecule has 0 fully saturated rings. The van der Waals surface area contributed by atoms with Crippen LogP contribution < -0.4 is 4.74 Å². The van der Waals surface area contributed by atoms with Crippen LogP contribution in [0.15, 0.2) is 24.3 Å². The first-order chi connectivity index (χ1) is 9.36. The van der Waals surface area contributed by atoms with Gasteiger partial charge in [0.1, 0.15) is 5.75 Å². The molecule has 0 saturated carbocycles. The van der Waals surface area contributed by atoms with Gasteiger partial charge in [-0.2, -0.15) is 0 Å². The molecule has 2 rings (SSSR count). The van der Waals surface area contributed by atoms with Crippen LogP contribution in [0.25, 0.3) is 0 Å². The molecular formula is C17H32O2. The Kier molecular flexibility index (Phi) is 22.9. The second-order valence-corrected chi connectivity index (χ2v) is 2.58. The van der Waals surface area contributed by atoms with Gasteiger partial charge in [-0.05, 0) is 18.1 Å². The predicted molar refractivity (Wildman–Crippen MR) is 85.8 cm³/mol. The molecule has 1 heterocycles. The van der Waals surface area contributed by atoms with Crippen LogP contribution >= 0.6 is 0 Å². The fourth-order valence-corrected chi connectivity index (χ4v) is 1.22. The smallest absolute Gasteiger partial charge is 0.311 e. The Labute approximate surface area is 120 Å². The third-order valence-corrected chi connectivity index (χ3v) is 1.79. The van der Waals surface area contributed by atoms with Crippen molar-refractivity contribution in [2.45, 2.75) is 68.2 Å². The van der Waals surface area contributed by atoms with Crippen molar-refractivity contribution in [3.63, 3.8) is 0 Å². The number of hydrogen-bond donors (Lipinski definition) is 0. The van der Waals surface area contributed by atoms with Gasteiger partial charge < -0.3 is 4.74 Å². The lowest BCUT2D eigenvalue weighted by Gasteiger charge is -2.13. The summed E-state index contributed by atoms with van der Waals surface area (Å²) in [6.45, 7) is 16.0. The lowest BCUT2D eigenvalue weighted by Crippen LogP contribution is -2.15. The lowest BCUT2D eigenvalue weighted by atomic mass is 10.1. The molecule has 0 radical (unpaired) electrons. The number of ether oxygens (including phenoxy) is 1. The van der Waals surface area contributed by atoms with Crippen LogP contribution in [-0.4, -0.2) is 5.97 Å². The summed E-state index contributed by atoms with van der Waals surface area (Å²) in [5.74, 6) is 0.604. The third-order valence-electron chi connectivity index (χ3n) is 1.79. The molecule has 2 nitrogen and oxygen atoms in total. The van der Waals surface area contributed by atoms with Gasteiger partial charge >= 0.3 is 5.97 Å². The number of carbonyl (C=O) groups excluding carboxylic acids is 1. The van der Waals surface area contributed by atoms with Crippen molar-refractivity contribution in [1.82, 2.24) is 0 Å². The Morgan fingerprint density at radius 3 is 1.79 bits per heavy atom. The topological polar surface area (TPSA) is 26.3 Å². The number of hydrogen-bond acceptors (Lipinski definition) is 2. The summed E-state index contributed by atoms with van der Waals surface area (Å²) in [6.07, 6.45) is 1.33. The summed E-state index contributed by atoms with van der Waals surface area (Å²) >= 11 is 0. The summed E-state index contributed by atoms with van der Waals surface area (Å²) in [4.78, 5) is 10.8. The largest absolute Gasteiger partial charge is 0.426 e. The van der Waals surface area contributed by atoms with Crippen LogP contribution in [0.5, 0.6) is 5.75 Å². The predicted octanol–water partition coefficient (Wildman–Crippen LogP) is 5.64. The maximum Gasteiger partial charge on any atom is 0.311 e. The van der Waals surface area contributed by atoms with Crippen molar-refractivity contribution >= 4 is 5.97 Å². The zero-order valence-electron chi connectivity index (χ0n) is 14.0. The Bertz CT molecular complexity index is 293. The van der Waals surface area contributed by atoms with E-state index in [1.165, 1.54) is 0 Å². The number of carbonyl (C=O) groups is 1. The highest BCUT2D eigenvalue weighted by Crippen LogP contribution is 2.23. The number of rotatable bonds is 0. The molecule has 0 bridgehead atoms. The van der Waals surface area contributed by atoms with E-state index in [1.54, 1.807) is 0 Å². The minimum absolute atomic E-state index is 0.122. The molecule has 112 valence electrons. The SMILES string of the molecule is CC.CC.CC.CC.O=C1CCc2ccccc2O1. The van der Waals surface area contributed by atoms with E-state index in [9.17, 15) is 4.79 Å². The van der Waals surface area contributed by atoms with Gasteiger partial charge in [0.2, 0.25) is 0 Å². The molecular weight excluding hydrogens is 236 g/mol. The first-order valence-corrected chi connectivity index (χ1v) is 7.65. The van der Waals surface area contributed by atoms with Crippen LogP contribution in [0, 0.1) is 0 Å². The molecule has 1 aliphatic rings. The molecule has 1 aromatic carbocycles. The number of fused-ring (bicyclic) bond motifs is 1. The van der Waals surface area contributed by atoms with E-state index < -0.39 is 0 Å². The fourth-order valence-electron chi connectivity index (χ4n) is 1.22. The first kappa shape index (κ1) is 22.8. The van der Waals surface area contributed by atoms with Gasteiger partial charge in [0.25, 0.3) is 0 Å². The standard InChI is InChI=1S/C9H8O2.4C2H6/c10-9-6-5-7-3-1-2-4-8(7)11-9;4*1-2/h1-4H,5-6H2;4*1-2H3. The molecule has 1 aliphatic heterocycles. The maximum absolute atomic E-state index is 10.8. The summed E-state index contributed by atoms with van der Waals surface area (Å²) < 4.78 is 4.99. The molecule has 19 heavy (non-hydrogen) atoms. The Morgan fingerprint density at radius 1 is 0.789 bits per heavy atom. The van der Waals surface area contributed by atoms with Gasteiger partial charge in [-0.15, -0.1) is 0 Å².